The smallest absolute Gasteiger partial charge is 0.410 e. The van der Waals surface area contributed by atoms with Gasteiger partial charge in [0.05, 0.1) is 6.04 Å². The van der Waals surface area contributed by atoms with Gasteiger partial charge in [0.15, 0.2) is 0 Å². The van der Waals surface area contributed by atoms with Crippen LogP contribution < -0.4 is 5.32 Å². The summed E-state index contributed by atoms with van der Waals surface area (Å²) in [6.07, 6.45) is 1.06. The second-order valence-electron chi connectivity index (χ2n) is 7.46. The summed E-state index contributed by atoms with van der Waals surface area (Å²) in [7, 11) is 1.66. The van der Waals surface area contributed by atoms with Gasteiger partial charge >= 0.3 is 17.9 Å². The number of anilines is 1. The number of piperidine rings is 1. The Balaban J connectivity index is 1.95. The van der Waals surface area contributed by atoms with Gasteiger partial charge in [-0.1, -0.05) is 18.2 Å². The highest BCUT2D eigenvalue weighted by Crippen LogP contribution is 2.18. The van der Waals surface area contributed by atoms with Crippen LogP contribution in [0.4, 0.5) is 10.5 Å². The molecule has 0 aromatic heterocycles. The van der Waals surface area contributed by atoms with Crippen LogP contribution >= 0.6 is 0 Å². The summed E-state index contributed by atoms with van der Waals surface area (Å²) in [4.78, 5) is 39.9. The molecule has 7 heteroatoms. The standard InChI is InChI=1S/C19H27N3O4/c1-19(2,3)26-18(25)21(4)15-11-8-12-22(13-15)17(24)16(23)20-14-9-6-5-7-10-14/h5-7,9-10,15H,8,11-13H2,1-4H3,(H,20,23). The molecule has 1 N–H and O–H groups in total. The molecule has 0 saturated carbocycles. The summed E-state index contributed by atoms with van der Waals surface area (Å²) in [6.45, 7) is 6.24. The van der Waals surface area contributed by atoms with Gasteiger partial charge < -0.3 is 19.9 Å². The lowest BCUT2D eigenvalue weighted by molar-refractivity contribution is -0.144. The molecule has 1 unspecified atom stereocenters. The van der Waals surface area contributed by atoms with Gasteiger partial charge in [-0.25, -0.2) is 4.79 Å². The average Bonchev–Trinajstić information content (AvgIpc) is 2.60. The summed E-state index contributed by atoms with van der Waals surface area (Å²) in [5.74, 6) is -1.26. The molecule has 1 saturated heterocycles. The monoisotopic (exact) mass is 361 g/mol. The van der Waals surface area contributed by atoms with Crippen LogP contribution in [0.5, 0.6) is 0 Å². The van der Waals surface area contributed by atoms with Crippen LogP contribution in [0.15, 0.2) is 30.3 Å². The molecule has 0 aliphatic carbocycles. The molecule has 1 aromatic carbocycles. The summed E-state index contributed by atoms with van der Waals surface area (Å²) in [5.41, 5.74) is -0.00395. The second kappa shape index (κ2) is 8.21. The third kappa shape index (κ3) is 5.47. The quantitative estimate of drug-likeness (QED) is 0.821. The first kappa shape index (κ1) is 19.8. The van der Waals surface area contributed by atoms with Crippen molar-refractivity contribution in [3.8, 4) is 0 Å². The number of amides is 3. The van der Waals surface area contributed by atoms with Crippen molar-refractivity contribution in [3.63, 3.8) is 0 Å². The van der Waals surface area contributed by atoms with Gasteiger partial charge in [-0.3, -0.25) is 9.59 Å². The zero-order chi connectivity index (χ0) is 19.3. The SMILES string of the molecule is CN(C(=O)OC(C)(C)C)C1CCCN(C(=O)C(=O)Nc2ccccc2)C1. The van der Waals surface area contributed by atoms with E-state index in [1.165, 1.54) is 9.80 Å². The second-order valence-corrected chi connectivity index (χ2v) is 7.46. The Morgan fingerprint density at radius 2 is 1.85 bits per heavy atom. The molecular weight excluding hydrogens is 334 g/mol. The van der Waals surface area contributed by atoms with Crippen LogP contribution in [-0.2, 0) is 14.3 Å². The highest BCUT2D eigenvalue weighted by Gasteiger charge is 2.32. The topological polar surface area (TPSA) is 79.0 Å². The third-order valence-corrected chi connectivity index (χ3v) is 4.14. The number of rotatable bonds is 2. The van der Waals surface area contributed by atoms with E-state index in [0.717, 1.165) is 12.8 Å². The zero-order valence-corrected chi connectivity index (χ0v) is 15.8. The molecule has 1 fully saturated rings. The van der Waals surface area contributed by atoms with Crippen molar-refractivity contribution in [2.75, 3.05) is 25.5 Å². The predicted octanol–water partition coefficient (Wildman–Crippen LogP) is 2.48. The number of hydrogen-bond acceptors (Lipinski definition) is 4. The van der Waals surface area contributed by atoms with Crippen LogP contribution in [0.3, 0.4) is 0 Å². The molecule has 0 bridgehead atoms. The number of likely N-dealkylation sites (N-methyl/N-ethyl adjacent to an activating group) is 1. The fraction of sp³-hybridized carbons (Fsp3) is 0.526. The highest BCUT2D eigenvalue weighted by molar-refractivity contribution is 6.39. The van der Waals surface area contributed by atoms with Crippen molar-refractivity contribution in [2.24, 2.45) is 0 Å². The molecule has 3 amide bonds. The van der Waals surface area contributed by atoms with Crippen molar-refractivity contribution in [2.45, 2.75) is 45.3 Å². The molecule has 1 heterocycles. The highest BCUT2D eigenvalue weighted by atomic mass is 16.6. The van der Waals surface area contributed by atoms with Gasteiger partial charge in [-0.15, -0.1) is 0 Å². The van der Waals surface area contributed by atoms with Gasteiger partial charge in [-0.05, 0) is 45.7 Å². The first-order valence-electron chi connectivity index (χ1n) is 8.78. The summed E-state index contributed by atoms with van der Waals surface area (Å²) in [5, 5.41) is 2.60. The van der Waals surface area contributed by atoms with E-state index >= 15 is 0 Å². The minimum absolute atomic E-state index is 0.174. The van der Waals surface area contributed by atoms with E-state index in [1.807, 2.05) is 26.8 Å². The minimum Gasteiger partial charge on any atom is -0.444 e. The van der Waals surface area contributed by atoms with E-state index < -0.39 is 23.5 Å². The summed E-state index contributed by atoms with van der Waals surface area (Å²) in [6, 6.07) is 8.67. The number of nitrogens with zero attached hydrogens (tertiary/aromatic N) is 2. The van der Waals surface area contributed by atoms with Gasteiger partial charge in [0.25, 0.3) is 0 Å². The maximum Gasteiger partial charge on any atom is 0.410 e. The largest absolute Gasteiger partial charge is 0.444 e. The number of benzene rings is 1. The van der Waals surface area contributed by atoms with Crippen LogP contribution in [-0.4, -0.2) is 59.5 Å². The van der Waals surface area contributed by atoms with Gasteiger partial charge in [0.2, 0.25) is 0 Å². The predicted molar refractivity (Wildman–Crippen MR) is 98.7 cm³/mol. The molecular formula is C19H27N3O4. The molecule has 1 aliphatic rings. The van der Waals surface area contributed by atoms with Gasteiger partial charge in [-0.2, -0.15) is 0 Å². The van der Waals surface area contributed by atoms with Crippen LogP contribution in [0.1, 0.15) is 33.6 Å². The van der Waals surface area contributed by atoms with E-state index in [9.17, 15) is 14.4 Å². The normalized spacial score (nSPS) is 17.4. The molecule has 2 rings (SSSR count). The Morgan fingerprint density at radius 3 is 2.46 bits per heavy atom. The Labute approximate surface area is 154 Å². The fourth-order valence-electron chi connectivity index (χ4n) is 2.79. The van der Waals surface area contributed by atoms with Crippen LogP contribution in [0, 0.1) is 0 Å². The maximum atomic E-state index is 12.4. The van der Waals surface area contributed by atoms with Crippen molar-refractivity contribution >= 4 is 23.6 Å². The van der Waals surface area contributed by atoms with E-state index in [0.29, 0.717) is 18.8 Å². The molecule has 7 nitrogen and oxygen atoms in total. The summed E-state index contributed by atoms with van der Waals surface area (Å²) >= 11 is 0. The molecule has 1 aromatic rings. The van der Waals surface area contributed by atoms with E-state index in [4.69, 9.17) is 4.74 Å². The number of hydrogen-bond donors (Lipinski definition) is 1. The molecule has 1 aliphatic heterocycles. The minimum atomic E-state index is -0.670. The molecule has 1 atom stereocenters. The van der Waals surface area contributed by atoms with Gasteiger partial charge in [0, 0.05) is 25.8 Å². The maximum absolute atomic E-state index is 12.4. The first-order valence-corrected chi connectivity index (χ1v) is 8.78. The van der Waals surface area contributed by atoms with E-state index in [-0.39, 0.29) is 6.04 Å². The lowest BCUT2D eigenvalue weighted by atomic mass is 10.0. The van der Waals surface area contributed by atoms with E-state index in [1.54, 1.807) is 31.3 Å². The van der Waals surface area contributed by atoms with Crippen molar-refractivity contribution in [1.82, 2.24) is 9.80 Å². The number of nitrogens with one attached hydrogen (secondary N) is 1. The zero-order valence-electron chi connectivity index (χ0n) is 15.8. The van der Waals surface area contributed by atoms with Crippen molar-refractivity contribution < 1.29 is 19.1 Å². The van der Waals surface area contributed by atoms with Gasteiger partial charge in [0.1, 0.15) is 5.60 Å². The molecule has 0 spiro atoms. The Kier molecular flexibility index (Phi) is 6.23. The number of carbonyl (C=O) groups is 3. The first-order chi connectivity index (χ1) is 12.2. The fourth-order valence-corrected chi connectivity index (χ4v) is 2.79. The Bertz CT molecular complexity index is 654. The Morgan fingerprint density at radius 1 is 1.19 bits per heavy atom. The van der Waals surface area contributed by atoms with Crippen LogP contribution in [0.25, 0.3) is 0 Å². The van der Waals surface area contributed by atoms with E-state index in [2.05, 4.69) is 5.32 Å². The van der Waals surface area contributed by atoms with Crippen LogP contribution in [0.2, 0.25) is 0 Å². The lowest BCUT2D eigenvalue weighted by Crippen LogP contribution is -2.53. The lowest BCUT2D eigenvalue weighted by Gasteiger charge is -2.37. The third-order valence-electron chi connectivity index (χ3n) is 4.14. The Hall–Kier alpha value is -2.57. The number of likely N-dealkylation sites (tertiary alicyclic amines) is 1. The number of para-hydroxylation sites is 1. The number of ether oxygens (including phenoxy) is 1. The average molecular weight is 361 g/mol. The molecule has 142 valence electrons. The molecule has 0 radical (unpaired) electrons. The molecule has 26 heavy (non-hydrogen) atoms. The van der Waals surface area contributed by atoms with Crippen molar-refractivity contribution in [1.29, 1.82) is 0 Å². The summed E-state index contributed by atoms with van der Waals surface area (Å²) < 4.78 is 5.38. The van der Waals surface area contributed by atoms with Crippen molar-refractivity contribution in [3.05, 3.63) is 30.3 Å². The number of carbonyl (C=O) groups excluding carboxylic acids is 3.